The van der Waals surface area contributed by atoms with Crippen molar-refractivity contribution < 1.29 is 27.9 Å². The van der Waals surface area contributed by atoms with Gasteiger partial charge < -0.3 is 10.0 Å². The van der Waals surface area contributed by atoms with Crippen LogP contribution >= 0.6 is 0 Å². The first-order valence-electron chi connectivity index (χ1n) is 7.07. The lowest BCUT2D eigenvalue weighted by atomic mass is 10.2. The molecule has 1 aromatic rings. The highest BCUT2D eigenvalue weighted by molar-refractivity contribution is 5.87. The average Bonchev–Trinajstić information content (AvgIpc) is 2.55. The molecule has 9 heteroatoms. The highest BCUT2D eigenvalue weighted by atomic mass is 19.4. The first-order chi connectivity index (χ1) is 11.2. The number of carbonyl (C=O) groups is 2. The van der Waals surface area contributed by atoms with Gasteiger partial charge in [0.15, 0.2) is 0 Å². The maximum absolute atomic E-state index is 11.4. The summed E-state index contributed by atoms with van der Waals surface area (Å²) in [5, 5.41) is 7.12. The maximum atomic E-state index is 11.4. The minimum Gasteiger partial charge on any atom is -0.475 e. The number of nitrogens with zero attached hydrogens (tertiary/aromatic N) is 3. The number of halogens is 3. The summed E-state index contributed by atoms with van der Waals surface area (Å²) < 4.78 is 31.7. The first kappa shape index (κ1) is 19.6. The summed E-state index contributed by atoms with van der Waals surface area (Å²) in [7, 11) is 0. The Morgan fingerprint density at radius 3 is 2.25 bits per heavy atom. The molecule has 2 rings (SSSR count). The Balaban J connectivity index is 0.000000351. The molecular formula is C15H18F3N3O3. The molecule has 2 heterocycles. The average molecular weight is 345 g/mol. The van der Waals surface area contributed by atoms with Gasteiger partial charge in [-0.25, -0.2) is 4.79 Å². The molecule has 0 saturated carbocycles. The summed E-state index contributed by atoms with van der Waals surface area (Å²) in [5.41, 5.74) is 1.08. The van der Waals surface area contributed by atoms with Gasteiger partial charge in [0, 0.05) is 38.9 Å². The molecule has 1 saturated heterocycles. The summed E-state index contributed by atoms with van der Waals surface area (Å²) in [5.74, 6) is -2.73. The number of alkyl halides is 3. The first-order valence-corrected chi connectivity index (χ1v) is 7.07. The van der Waals surface area contributed by atoms with Gasteiger partial charge in [-0.1, -0.05) is 12.6 Å². The number of carbonyl (C=O) groups excluding carboxylic acids is 1. The van der Waals surface area contributed by atoms with Gasteiger partial charge in [0.2, 0.25) is 5.91 Å². The molecule has 1 N–H and O–H groups in total. The van der Waals surface area contributed by atoms with Crippen LogP contribution in [0.4, 0.5) is 13.2 Å². The zero-order chi connectivity index (χ0) is 18.2. The Labute approximate surface area is 137 Å². The van der Waals surface area contributed by atoms with Crippen molar-refractivity contribution in [3.05, 3.63) is 42.7 Å². The highest BCUT2D eigenvalue weighted by Crippen LogP contribution is 2.13. The molecule has 0 unspecified atom stereocenters. The van der Waals surface area contributed by atoms with Crippen LogP contribution in [0.1, 0.15) is 5.69 Å². The van der Waals surface area contributed by atoms with Crippen LogP contribution in [-0.2, 0) is 16.1 Å². The summed E-state index contributed by atoms with van der Waals surface area (Å²) in [4.78, 5) is 28.8. The number of carboxylic acid groups (broad SMARTS) is 1. The number of hydrogen-bond donors (Lipinski definition) is 1. The van der Waals surface area contributed by atoms with Crippen LogP contribution in [0.25, 0.3) is 0 Å². The summed E-state index contributed by atoms with van der Waals surface area (Å²) in [6, 6.07) is 5.95. The number of aliphatic carboxylic acids is 1. The molecule has 0 radical (unpaired) electrons. The van der Waals surface area contributed by atoms with E-state index in [4.69, 9.17) is 9.90 Å². The Kier molecular flexibility index (Phi) is 7.37. The lowest BCUT2D eigenvalue weighted by molar-refractivity contribution is -0.192. The molecule has 6 nitrogen and oxygen atoms in total. The monoisotopic (exact) mass is 345 g/mol. The summed E-state index contributed by atoms with van der Waals surface area (Å²) in [6.45, 7) is 7.71. The van der Waals surface area contributed by atoms with Crippen molar-refractivity contribution >= 4 is 11.9 Å². The predicted molar refractivity (Wildman–Crippen MR) is 80.0 cm³/mol. The number of piperazine rings is 1. The Bertz CT molecular complexity index is 556. The van der Waals surface area contributed by atoms with Gasteiger partial charge in [0.1, 0.15) is 0 Å². The smallest absolute Gasteiger partial charge is 0.475 e. The van der Waals surface area contributed by atoms with Gasteiger partial charge in [-0.3, -0.25) is 14.7 Å². The SMILES string of the molecule is C=CC(=O)N1CCN(Cc2ccccn2)CC1.O=C(O)C(F)(F)F. The third-order valence-corrected chi connectivity index (χ3v) is 3.21. The Hall–Kier alpha value is -2.42. The van der Waals surface area contributed by atoms with Crippen molar-refractivity contribution in [1.82, 2.24) is 14.8 Å². The van der Waals surface area contributed by atoms with Crippen LogP contribution in [0.15, 0.2) is 37.1 Å². The van der Waals surface area contributed by atoms with Gasteiger partial charge in [-0.2, -0.15) is 13.2 Å². The van der Waals surface area contributed by atoms with Crippen molar-refractivity contribution in [2.45, 2.75) is 12.7 Å². The van der Waals surface area contributed by atoms with E-state index in [1.807, 2.05) is 29.3 Å². The second kappa shape index (κ2) is 9.02. The molecular weight excluding hydrogens is 327 g/mol. The molecule has 1 amide bonds. The molecule has 0 aliphatic carbocycles. The van der Waals surface area contributed by atoms with Crippen LogP contribution in [0.2, 0.25) is 0 Å². The fraction of sp³-hybridized carbons (Fsp3) is 0.400. The molecule has 1 aliphatic heterocycles. The second-order valence-electron chi connectivity index (χ2n) is 4.93. The molecule has 0 spiro atoms. The third-order valence-electron chi connectivity index (χ3n) is 3.21. The van der Waals surface area contributed by atoms with E-state index < -0.39 is 12.1 Å². The largest absolute Gasteiger partial charge is 0.490 e. The molecule has 0 aromatic carbocycles. The lowest BCUT2D eigenvalue weighted by Crippen LogP contribution is -2.47. The second-order valence-corrected chi connectivity index (χ2v) is 4.93. The molecule has 1 fully saturated rings. The zero-order valence-electron chi connectivity index (χ0n) is 12.9. The molecule has 0 atom stereocenters. The van der Waals surface area contributed by atoms with Crippen molar-refractivity contribution in [3.63, 3.8) is 0 Å². The number of carboxylic acids is 1. The van der Waals surface area contributed by atoms with E-state index in [1.165, 1.54) is 6.08 Å². The predicted octanol–water partition coefficient (Wildman–Crippen LogP) is 1.55. The van der Waals surface area contributed by atoms with Crippen molar-refractivity contribution in [2.75, 3.05) is 26.2 Å². The highest BCUT2D eigenvalue weighted by Gasteiger charge is 2.38. The molecule has 1 aromatic heterocycles. The van der Waals surface area contributed by atoms with Gasteiger partial charge >= 0.3 is 12.1 Å². The van der Waals surface area contributed by atoms with Gasteiger partial charge in [-0.05, 0) is 18.2 Å². The number of amides is 1. The third kappa shape index (κ3) is 6.78. The normalized spacial score (nSPS) is 15.2. The maximum Gasteiger partial charge on any atom is 0.490 e. The van der Waals surface area contributed by atoms with Crippen LogP contribution in [0.3, 0.4) is 0 Å². The van der Waals surface area contributed by atoms with Gasteiger partial charge in [0.25, 0.3) is 0 Å². The quantitative estimate of drug-likeness (QED) is 0.842. The Morgan fingerprint density at radius 1 is 1.25 bits per heavy atom. The van der Waals surface area contributed by atoms with Gasteiger partial charge in [-0.15, -0.1) is 0 Å². The fourth-order valence-corrected chi connectivity index (χ4v) is 1.98. The zero-order valence-corrected chi connectivity index (χ0v) is 12.9. The van der Waals surface area contributed by atoms with E-state index in [0.717, 1.165) is 38.4 Å². The number of pyridine rings is 1. The van der Waals surface area contributed by atoms with E-state index in [1.54, 1.807) is 0 Å². The molecule has 24 heavy (non-hydrogen) atoms. The van der Waals surface area contributed by atoms with Crippen molar-refractivity contribution in [1.29, 1.82) is 0 Å². The number of hydrogen-bond acceptors (Lipinski definition) is 4. The standard InChI is InChI=1S/C13H17N3O.C2HF3O2/c1-2-13(17)16-9-7-15(8-10-16)11-12-5-3-4-6-14-12;3-2(4,5)1(6)7/h2-6H,1,7-11H2;(H,6,7). The molecule has 132 valence electrons. The van der Waals surface area contributed by atoms with Crippen LogP contribution in [0, 0.1) is 0 Å². The minimum absolute atomic E-state index is 0.0301. The Morgan fingerprint density at radius 2 is 1.83 bits per heavy atom. The number of aromatic nitrogens is 1. The molecule has 1 aliphatic rings. The molecule has 0 bridgehead atoms. The summed E-state index contributed by atoms with van der Waals surface area (Å²) in [6.07, 6.45) is -1.89. The fourth-order valence-electron chi connectivity index (χ4n) is 1.98. The van der Waals surface area contributed by atoms with E-state index >= 15 is 0 Å². The summed E-state index contributed by atoms with van der Waals surface area (Å²) >= 11 is 0. The topological polar surface area (TPSA) is 73.7 Å². The number of rotatable bonds is 3. The van der Waals surface area contributed by atoms with Gasteiger partial charge in [0.05, 0.1) is 5.69 Å². The van der Waals surface area contributed by atoms with Crippen LogP contribution < -0.4 is 0 Å². The lowest BCUT2D eigenvalue weighted by Gasteiger charge is -2.33. The van der Waals surface area contributed by atoms with Crippen molar-refractivity contribution in [3.8, 4) is 0 Å². The van der Waals surface area contributed by atoms with E-state index in [0.29, 0.717) is 0 Å². The van der Waals surface area contributed by atoms with E-state index in [2.05, 4.69) is 16.5 Å². The van der Waals surface area contributed by atoms with Crippen LogP contribution in [-0.4, -0.2) is 64.1 Å². The van der Waals surface area contributed by atoms with Crippen molar-refractivity contribution in [2.24, 2.45) is 0 Å². The van der Waals surface area contributed by atoms with E-state index in [9.17, 15) is 18.0 Å². The van der Waals surface area contributed by atoms with Crippen LogP contribution in [0.5, 0.6) is 0 Å². The van der Waals surface area contributed by atoms with E-state index in [-0.39, 0.29) is 5.91 Å². The minimum atomic E-state index is -5.08.